The molecule has 0 saturated carbocycles. The van der Waals surface area contributed by atoms with E-state index in [0.29, 0.717) is 32.3 Å². The lowest BCUT2D eigenvalue weighted by Gasteiger charge is -2.17. The number of likely N-dealkylation sites (N-methyl/N-ethyl adjacent to an activating group) is 1. The minimum atomic E-state index is -0.0390. The molecule has 2 rings (SSSR count). The third-order valence-electron chi connectivity index (χ3n) is 4.70. The predicted octanol–water partition coefficient (Wildman–Crippen LogP) is 2.35. The zero-order valence-electron chi connectivity index (χ0n) is 19.6. The van der Waals surface area contributed by atoms with Crippen LogP contribution in [-0.2, 0) is 22.6 Å². The van der Waals surface area contributed by atoms with Crippen LogP contribution in [0.4, 0.5) is 0 Å². The molecule has 0 aliphatic heterocycles. The normalized spacial score (nSPS) is 11.1. The van der Waals surface area contributed by atoms with Gasteiger partial charge >= 0.3 is 0 Å². The standard InChI is InChI=1S/C24H34N4O4/c1-18-6-9-20(22(14-18)32-13-12-30-4)16-26-24(27-17-23(29)28(2)3)25-15-19-7-10-21(31-5)11-8-19/h6-11,14H,12-13,15-17H2,1-5H3,(H2,25,26,27). The maximum absolute atomic E-state index is 12.0. The van der Waals surface area contributed by atoms with E-state index in [1.165, 1.54) is 4.90 Å². The molecule has 1 amide bonds. The largest absolute Gasteiger partial charge is 0.497 e. The number of rotatable bonds is 11. The average molecular weight is 443 g/mol. The van der Waals surface area contributed by atoms with Crippen molar-refractivity contribution in [2.24, 2.45) is 4.99 Å². The quantitative estimate of drug-likeness (QED) is 0.316. The van der Waals surface area contributed by atoms with E-state index < -0.39 is 0 Å². The highest BCUT2D eigenvalue weighted by molar-refractivity contribution is 5.86. The molecule has 0 radical (unpaired) electrons. The Hall–Kier alpha value is -3.26. The minimum Gasteiger partial charge on any atom is -0.497 e. The van der Waals surface area contributed by atoms with Crippen molar-refractivity contribution in [3.63, 3.8) is 0 Å². The Labute approximate surface area is 190 Å². The molecule has 32 heavy (non-hydrogen) atoms. The van der Waals surface area contributed by atoms with Gasteiger partial charge in [-0.05, 0) is 36.2 Å². The number of carbonyl (C=O) groups excluding carboxylic acids is 1. The van der Waals surface area contributed by atoms with Crippen LogP contribution in [0.5, 0.6) is 11.5 Å². The summed E-state index contributed by atoms with van der Waals surface area (Å²) in [5.74, 6) is 2.10. The fraction of sp³-hybridized carbons (Fsp3) is 0.417. The van der Waals surface area contributed by atoms with Crippen LogP contribution in [0.25, 0.3) is 0 Å². The van der Waals surface area contributed by atoms with Crippen molar-refractivity contribution in [2.75, 3.05) is 48.1 Å². The Balaban J connectivity index is 2.10. The first kappa shape index (κ1) is 25.0. The van der Waals surface area contributed by atoms with Crippen LogP contribution in [0.3, 0.4) is 0 Å². The Morgan fingerprint density at radius 3 is 2.44 bits per heavy atom. The highest BCUT2D eigenvalue weighted by Crippen LogP contribution is 2.20. The first-order chi connectivity index (χ1) is 15.4. The molecule has 0 aliphatic rings. The summed E-state index contributed by atoms with van der Waals surface area (Å²) >= 11 is 0. The summed E-state index contributed by atoms with van der Waals surface area (Å²) in [6, 6.07) is 13.8. The van der Waals surface area contributed by atoms with E-state index in [1.54, 1.807) is 28.3 Å². The van der Waals surface area contributed by atoms with Gasteiger partial charge in [0.1, 0.15) is 18.1 Å². The van der Waals surface area contributed by atoms with Crippen molar-refractivity contribution in [3.8, 4) is 11.5 Å². The van der Waals surface area contributed by atoms with E-state index in [9.17, 15) is 4.79 Å². The zero-order chi connectivity index (χ0) is 23.3. The summed E-state index contributed by atoms with van der Waals surface area (Å²) in [6.07, 6.45) is 0. The summed E-state index contributed by atoms with van der Waals surface area (Å²) in [5.41, 5.74) is 3.14. The molecule has 0 heterocycles. The summed E-state index contributed by atoms with van der Waals surface area (Å²) in [5, 5.41) is 6.41. The number of amides is 1. The first-order valence-corrected chi connectivity index (χ1v) is 10.5. The lowest BCUT2D eigenvalue weighted by Crippen LogP contribution is -2.42. The molecule has 0 aliphatic carbocycles. The number of guanidine groups is 1. The van der Waals surface area contributed by atoms with Gasteiger partial charge in [0, 0.05) is 33.3 Å². The summed E-state index contributed by atoms with van der Waals surface area (Å²) in [7, 11) is 6.73. The summed E-state index contributed by atoms with van der Waals surface area (Å²) < 4.78 is 16.2. The molecular formula is C24H34N4O4. The number of nitrogens with one attached hydrogen (secondary N) is 2. The van der Waals surface area contributed by atoms with Gasteiger partial charge in [0.15, 0.2) is 5.96 Å². The van der Waals surface area contributed by atoms with Gasteiger partial charge in [-0.1, -0.05) is 24.3 Å². The van der Waals surface area contributed by atoms with Crippen LogP contribution >= 0.6 is 0 Å². The van der Waals surface area contributed by atoms with Gasteiger partial charge < -0.3 is 29.7 Å². The maximum atomic E-state index is 12.0. The maximum Gasteiger partial charge on any atom is 0.241 e. The number of hydrogen-bond donors (Lipinski definition) is 2. The number of carbonyl (C=O) groups is 1. The second-order valence-corrected chi connectivity index (χ2v) is 7.46. The molecule has 0 atom stereocenters. The average Bonchev–Trinajstić information content (AvgIpc) is 2.79. The molecule has 0 spiro atoms. The van der Waals surface area contributed by atoms with Crippen molar-refractivity contribution >= 4 is 11.9 Å². The van der Waals surface area contributed by atoms with Crippen molar-refractivity contribution in [1.82, 2.24) is 15.5 Å². The fourth-order valence-electron chi connectivity index (χ4n) is 2.75. The fourth-order valence-corrected chi connectivity index (χ4v) is 2.75. The minimum absolute atomic E-state index is 0.0390. The third-order valence-corrected chi connectivity index (χ3v) is 4.70. The van der Waals surface area contributed by atoms with Gasteiger partial charge in [0.05, 0.1) is 26.8 Å². The van der Waals surface area contributed by atoms with Crippen LogP contribution in [0.15, 0.2) is 47.5 Å². The van der Waals surface area contributed by atoms with E-state index in [0.717, 1.165) is 28.2 Å². The van der Waals surface area contributed by atoms with Crippen molar-refractivity contribution in [3.05, 3.63) is 59.2 Å². The van der Waals surface area contributed by atoms with Crippen molar-refractivity contribution < 1.29 is 19.0 Å². The second kappa shape index (κ2) is 13.2. The molecule has 8 nitrogen and oxygen atoms in total. The van der Waals surface area contributed by atoms with E-state index >= 15 is 0 Å². The lowest BCUT2D eigenvalue weighted by molar-refractivity contribution is -0.127. The van der Waals surface area contributed by atoms with Gasteiger partial charge in [-0.3, -0.25) is 4.79 Å². The van der Waals surface area contributed by atoms with Crippen molar-refractivity contribution in [1.29, 1.82) is 0 Å². The molecule has 174 valence electrons. The second-order valence-electron chi connectivity index (χ2n) is 7.46. The monoisotopic (exact) mass is 442 g/mol. The highest BCUT2D eigenvalue weighted by atomic mass is 16.5. The zero-order valence-corrected chi connectivity index (χ0v) is 19.6. The summed E-state index contributed by atoms with van der Waals surface area (Å²) in [6.45, 7) is 4.11. The Morgan fingerprint density at radius 1 is 1.03 bits per heavy atom. The number of aryl methyl sites for hydroxylation is 1. The van der Waals surface area contributed by atoms with Crippen LogP contribution in [-0.4, -0.2) is 64.8 Å². The topological polar surface area (TPSA) is 84.4 Å². The van der Waals surface area contributed by atoms with Crippen molar-refractivity contribution in [2.45, 2.75) is 20.0 Å². The molecule has 0 bridgehead atoms. The van der Waals surface area contributed by atoms with Gasteiger partial charge in [0.2, 0.25) is 5.91 Å². The third kappa shape index (κ3) is 8.47. The SMILES string of the molecule is COCCOc1cc(C)ccc1CNC(=NCc1ccc(OC)cc1)NCC(=O)N(C)C. The molecule has 2 aromatic carbocycles. The van der Waals surface area contributed by atoms with E-state index in [1.807, 2.05) is 49.4 Å². The van der Waals surface area contributed by atoms with Crippen LogP contribution < -0.4 is 20.1 Å². The van der Waals surface area contributed by atoms with Gasteiger partial charge in [-0.15, -0.1) is 0 Å². The van der Waals surface area contributed by atoms with Gasteiger partial charge in [-0.25, -0.2) is 4.99 Å². The van der Waals surface area contributed by atoms with E-state index in [-0.39, 0.29) is 12.5 Å². The highest BCUT2D eigenvalue weighted by Gasteiger charge is 2.09. The molecule has 0 saturated heterocycles. The molecule has 0 aromatic heterocycles. The first-order valence-electron chi connectivity index (χ1n) is 10.5. The number of methoxy groups -OCH3 is 2. The van der Waals surface area contributed by atoms with Crippen LogP contribution in [0.2, 0.25) is 0 Å². The molecular weight excluding hydrogens is 408 g/mol. The van der Waals surface area contributed by atoms with Gasteiger partial charge in [0.25, 0.3) is 0 Å². The molecule has 2 aromatic rings. The number of nitrogens with zero attached hydrogens (tertiary/aromatic N) is 2. The summed E-state index contributed by atoms with van der Waals surface area (Å²) in [4.78, 5) is 18.2. The Kier molecular flexibility index (Phi) is 10.3. The van der Waals surface area contributed by atoms with E-state index in [4.69, 9.17) is 14.2 Å². The van der Waals surface area contributed by atoms with E-state index in [2.05, 4.69) is 15.6 Å². The Bertz CT molecular complexity index is 882. The molecule has 0 unspecified atom stereocenters. The van der Waals surface area contributed by atoms with Crippen LogP contribution in [0, 0.1) is 6.92 Å². The molecule has 8 heteroatoms. The number of aliphatic imine (C=N–C) groups is 1. The van der Waals surface area contributed by atoms with Crippen LogP contribution in [0.1, 0.15) is 16.7 Å². The smallest absolute Gasteiger partial charge is 0.241 e. The predicted molar refractivity (Wildman–Crippen MR) is 126 cm³/mol. The number of benzene rings is 2. The molecule has 2 N–H and O–H groups in total. The number of ether oxygens (including phenoxy) is 3. The molecule has 0 fully saturated rings. The lowest BCUT2D eigenvalue weighted by atomic mass is 10.1. The van der Waals surface area contributed by atoms with Gasteiger partial charge in [-0.2, -0.15) is 0 Å². The number of hydrogen-bond acceptors (Lipinski definition) is 5. The Morgan fingerprint density at radius 2 is 1.78 bits per heavy atom.